The maximum atomic E-state index is 12.0. The predicted molar refractivity (Wildman–Crippen MR) is 390 cm³/mol. The summed E-state index contributed by atoms with van der Waals surface area (Å²) < 4.78 is 28.7. The summed E-state index contributed by atoms with van der Waals surface area (Å²) in [5, 5.41) is 4.82. The number of aromatic nitrogens is 10. The molecule has 30 heteroatoms. The second-order valence-electron chi connectivity index (χ2n) is 19.9. The van der Waals surface area contributed by atoms with Crippen LogP contribution in [-0.2, 0) is 19.0 Å². The van der Waals surface area contributed by atoms with Gasteiger partial charge in [0.2, 0.25) is 41.5 Å². The number of cyclic esters (lactones) is 1. The minimum atomic E-state index is -0.669. The van der Waals surface area contributed by atoms with Crippen molar-refractivity contribution in [3.8, 4) is 68.0 Å². The zero-order chi connectivity index (χ0) is 69.8. The normalized spacial score (nSPS) is 11.1. The SMILES string of the molecule is CC1=C(COc2nc(N)nc(-c3ccccc3)c2Br)OC(=O)C1.CCCCCOC(=O)Nc1nc(-c2ccccc2)c(Br)c(=O)[nH]1.CCOC(=O)Nc1nc(-c2ccccc2)c(Br)c(=O)[nH]1.CCOc1nc(N)nc(-c2ccccc2)c1Br.Nc1ncc(Br)c(-c2ccccc2)n1. The molecular formula is C67H64Br5N15O10. The molecular weight excluding hydrogens is 1570 g/mol. The maximum absolute atomic E-state index is 12.0. The van der Waals surface area contributed by atoms with Gasteiger partial charge in [0.15, 0.2) is 0 Å². The molecule has 0 fully saturated rings. The van der Waals surface area contributed by atoms with Gasteiger partial charge in [0, 0.05) is 34.0 Å². The van der Waals surface area contributed by atoms with Gasteiger partial charge in [0.25, 0.3) is 11.1 Å². The first kappa shape index (κ1) is 74.6. The number of carbonyl (C=O) groups is 3. The molecule has 0 bridgehead atoms. The Morgan fingerprint density at radius 2 is 0.887 bits per heavy atom. The Balaban J connectivity index is 0.000000173. The summed E-state index contributed by atoms with van der Waals surface area (Å²) in [5.74, 6) is 1.71. The summed E-state index contributed by atoms with van der Waals surface area (Å²) in [6, 6.07) is 47.6. The van der Waals surface area contributed by atoms with Crippen LogP contribution >= 0.6 is 79.6 Å². The van der Waals surface area contributed by atoms with E-state index in [-0.39, 0.29) is 60.0 Å². The number of rotatable bonds is 17. The largest absolute Gasteiger partial charge is 0.477 e. The highest BCUT2D eigenvalue weighted by atomic mass is 79.9. The number of ether oxygens (including phenoxy) is 5. The Morgan fingerprint density at radius 3 is 1.28 bits per heavy atom. The fourth-order valence-corrected chi connectivity index (χ4v) is 10.6. The molecule has 0 saturated carbocycles. The quantitative estimate of drug-likeness (QED) is 0.0253. The van der Waals surface area contributed by atoms with Crippen molar-refractivity contribution in [1.82, 2.24) is 49.8 Å². The third-order valence-corrected chi connectivity index (χ3v) is 16.3. The fraction of sp³-hybridized carbons (Fsp3) is 0.179. The van der Waals surface area contributed by atoms with E-state index >= 15 is 0 Å². The first-order chi connectivity index (χ1) is 46.8. The lowest BCUT2D eigenvalue weighted by molar-refractivity contribution is -0.137. The van der Waals surface area contributed by atoms with Crippen LogP contribution in [0, 0.1) is 0 Å². The molecule has 0 radical (unpaired) electrons. The molecule has 6 heterocycles. The van der Waals surface area contributed by atoms with E-state index in [0.717, 1.165) is 73.0 Å². The molecule has 5 aromatic carbocycles. The Labute approximate surface area is 599 Å². The number of benzene rings is 5. The van der Waals surface area contributed by atoms with E-state index in [4.69, 9.17) is 40.9 Å². The van der Waals surface area contributed by atoms with E-state index in [9.17, 15) is 24.0 Å². The number of hydrogen-bond donors (Lipinski definition) is 7. The van der Waals surface area contributed by atoms with Gasteiger partial charge in [0.1, 0.15) is 30.3 Å². The number of amides is 2. The van der Waals surface area contributed by atoms with Crippen LogP contribution < -0.4 is 48.4 Å². The Bertz CT molecular complexity index is 4440. The number of nitrogens with two attached hydrogens (primary N) is 3. The van der Waals surface area contributed by atoms with Crippen LogP contribution in [0.4, 0.5) is 39.3 Å². The third kappa shape index (κ3) is 22.7. The van der Waals surface area contributed by atoms with Gasteiger partial charge < -0.3 is 40.9 Å². The van der Waals surface area contributed by atoms with E-state index < -0.39 is 12.2 Å². The molecule has 1 aliphatic heterocycles. The van der Waals surface area contributed by atoms with E-state index in [1.807, 2.05) is 166 Å². The third-order valence-electron chi connectivity index (χ3n) is 12.8. The predicted octanol–water partition coefficient (Wildman–Crippen LogP) is 15.2. The van der Waals surface area contributed by atoms with Gasteiger partial charge >= 0.3 is 18.2 Å². The maximum Gasteiger partial charge on any atom is 0.413 e. The fourth-order valence-electron chi connectivity index (χ4n) is 8.35. The zero-order valence-electron chi connectivity index (χ0n) is 52.5. The number of nitrogens with one attached hydrogen (secondary N) is 4. The van der Waals surface area contributed by atoms with Crippen molar-refractivity contribution in [2.45, 2.75) is 53.4 Å². The van der Waals surface area contributed by atoms with Gasteiger partial charge in [-0.15, -0.1) is 0 Å². The van der Waals surface area contributed by atoms with E-state index in [1.165, 1.54) is 0 Å². The number of nitrogen functional groups attached to an aromatic ring is 3. The average molecular weight is 1640 g/mol. The molecule has 502 valence electrons. The van der Waals surface area contributed by atoms with E-state index in [1.54, 1.807) is 13.1 Å². The van der Waals surface area contributed by atoms with Gasteiger partial charge in [-0.05, 0) is 112 Å². The first-order valence-electron chi connectivity index (χ1n) is 29.6. The second kappa shape index (κ2) is 38.1. The molecule has 0 spiro atoms. The number of hydrogen-bond acceptors (Lipinski definition) is 21. The molecule has 10 aromatic rings. The highest BCUT2D eigenvalue weighted by Gasteiger charge is 2.23. The van der Waals surface area contributed by atoms with Gasteiger partial charge in [0.05, 0.1) is 59.2 Å². The zero-order valence-corrected chi connectivity index (χ0v) is 60.4. The molecule has 1 aliphatic rings. The molecule has 0 aliphatic carbocycles. The molecule has 97 heavy (non-hydrogen) atoms. The van der Waals surface area contributed by atoms with Crippen molar-refractivity contribution < 1.29 is 38.1 Å². The number of halogens is 5. The first-order valence-corrected chi connectivity index (χ1v) is 33.6. The number of anilines is 5. The lowest BCUT2D eigenvalue weighted by Gasteiger charge is -2.11. The number of carbonyl (C=O) groups excluding carboxylic acids is 3. The molecule has 2 amide bonds. The highest BCUT2D eigenvalue weighted by Crippen LogP contribution is 2.36. The van der Waals surface area contributed by atoms with Crippen molar-refractivity contribution in [2.75, 3.05) is 54.3 Å². The lowest BCUT2D eigenvalue weighted by atomic mass is 10.1. The molecule has 25 nitrogen and oxygen atoms in total. The number of esters is 1. The van der Waals surface area contributed by atoms with Crippen molar-refractivity contribution in [1.29, 1.82) is 0 Å². The summed E-state index contributed by atoms with van der Waals surface area (Å²) in [4.78, 5) is 96.2. The van der Waals surface area contributed by atoms with Crippen LogP contribution in [0.25, 0.3) is 56.3 Å². The Hall–Kier alpha value is -9.75. The number of aromatic amines is 2. The van der Waals surface area contributed by atoms with Gasteiger partial charge in [-0.3, -0.25) is 35.0 Å². The number of nitrogens with zero attached hydrogens (tertiary/aromatic N) is 8. The molecule has 10 N–H and O–H groups in total. The smallest absolute Gasteiger partial charge is 0.413 e. The monoisotopic (exact) mass is 1630 g/mol. The number of H-pyrrole nitrogens is 2. The van der Waals surface area contributed by atoms with Crippen molar-refractivity contribution in [2.24, 2.45) is 0 Å². The van der Waals surface area contributed by atoms with Crippen molar-refractivity contribution >= 4 is 128 Å². The number of unbranched alkanes of at least 4 members (excludes halogenated alkanes) is 2. The van der Waals surface area contributed by atoms with Crippen LogP contribution in [0.1, 0.15) is 53.4 Å². The van der Waals surface area contributed by atoms with Crippen molar-refractivity contribution in [3.63, 3.8) is 0 Å². The summed E-state index contributed by atoms with van der Waals surface area (Å²) in [6.45, 7) is 8.71. The van der Waals surface area contributed by atoms with E-state index in [2.05, 4.69) is 147 Å². The highest BCUT2D eigenvalue weighted by molar-refractivity contribution is 9.11. The Morgan fingerprint density at radius 1 is 0.495 bits per heavy atom. The average Bonchev–Trinajstić information content (AvgIpc) is 1.33. The van der Waals surface area contributed by atoms with Crippen molar-refractivity contribution in [3.05, 3.63) is 212 Å². The summed E-state index contributed by atoms with van der Waals surface area (Å²) >= 11 is 16.7. The Kier molecular flexibility index (Phi) is 29.3. The van der Waals surface area contributed by atoms with Gasteiger partial charge in [-0.1, -0.05) is 171 Å². The molecule has 0 atom stereocenters. The van der Waals surface area contributed by atoms with E-state index in [0.29, 0.717) is 67.7 Å². The second-order valence-corrected chi connectivity index (χ2v) is 23.9. The van der Waals surface area contributed by atoms with Gasteiger partial charge in [-0.25, -0.2) is 39.5 Å². The standard InChI is InChI=1S/C16H14BrN3O3.C16H18BrN3O3.C13H12BrN3O3.C12H12BrN3O.C10H8BrN3/c1-9-7-12(21)23-11(9)8-22-15-13(17)14(19-16(18)20-15)10-5-3-2-4-6-10;1-2-3-7-10-23-16(22)20-15-18-13(12(17)14(21)19-15)11-8-5-4-6-9-11;1-2-20-13(19)17-12-15-10(9(14)11(18)16-12)8-6-4-3-5-7-8;1-2-17-11-9(13)10(15-12(14)16-11)8-6-4-3-5-7-8;11-8-6-13-10(12)14-9(8)7-4-2-1-3-5-7/h2-6H,7-8H2,1H3,(H2,18,19,20);4-6,8-9H,2-3,7,10H2,1H3,(H2,18,19,20,21,22);3-7H,2H2,1H3,(H2,15,16,17,18,19);3-7H,2H2,1H3,(H2,14,15,16);1-6H,(H2,12,13,14). The minimum absolute atomic E-state index is 0.0375. The topological polar surface area (TPSA) is 368 Å². The summed E-state index contributed by atoms with van der Waals surface area (Å²) in [5.41, 5.74) is 24.6. The molecule has 5 aromatic heterocycles. The van der Waals surface area contributed by atoms with Crippen LogP contribution in [0.15, 0.2) is 201 Å². The van der Waals surface area contributed by atoms with Crippen LogP contribution in [0.5, 0.6) is 11.8 Å². The summed E-state index contributed by atoms with van der Waals surface area (Å²) in [7, 11) is 0. The molecule has 0 unspecified atom stereocenters. The summed E-state index contributed by atoms with van der Waals surface area (Å²) in [6.07, 6.45) is 3.50. The van der Waals surface area contributed by atoms with Crippen LogP contribution in [-0.4, -0.2) is 94.4 Å². The van der Waals surface area contributed by atoms with Crippen LogP contribution in [0.3, 0.4) is 0 Å². The molecule has 11 rings (SSSR count). The van der Waals surface area contributed by atoms with Crippen LogP contribution in [0.2, 0.25) is 0 Å². The molecule has 0 saturated heterocycles. The van der Waals surface area contributed by atoms with Gasteiger partial charge in [-0.2, -0.15) is 9.97 Å². The lowest BCUT2D eigenvalue weighted by Crippen LogP contribution is -2.20. The minimum Gasteiger partial charge on any atom is -0.477 e.